The smallest absolute Gasteiger partial charge is 0.253 e. The molecule has 4 fully saturated rings. The molecule has 3 N–H and O–H groups in total. The lowest BCUT2D eigenvalue weighted by molar-refractivity contribution is -0.183. The van der Waals surface area contributed by atoms with Crippen molar-refractivity contribution in [2.24, 2.45) is 29.1 Å². The van der Waals surface area contributed by atoms with Gasteiger partial charge in [0.25, 0.3) is 5.91 Å². The second kappa shape index (κ2) is 14.8. The van der Waals surface area contributed by atoms with Crippen LogP contribution in [-0.4, -0.2) is 83.6 Å². The zero-order chi connectivity index (χ0) is 35.7. The molecule has 0 unspecified atom stereocenters. The molecule has 0 aromatic heterocycles. The van der Waals surface area contributed by atoms with Crippen LogP contribution in [0.1, 0.15) is 62.0 Å². The van der Waals surface area contributed by atoms with E-state index in [1.54, 1.807) is 24.0 Å². The molecule has 50 heavy (non-hydrogen) atoms. The van der Waals surface area contributed by atoms with Crippen LogP contribution in [0.2, 0.25) is 0 Å². The highest BCUT2D eigenvalue weighted by Gasteiger charge is 2.57. The predicted molar refractivity (Wildman–Crippen MR) is 193 cm³/mol. The number of nitrogens with one attached hydrogen (secondary N) is 1. The van der Waals surface area contributed by atoms with Crippen LogP contribution < -0.4 is 10.1 Å². The summed E-state index contributed by atoms with van der Waals surface area (Å²) in [6.07, 6.45) is 1.33. The van der Waals surface area contributed by atoms with Crippen LogP contribution in [0.4, 0.5) is 0 Å². The fourth-order valence-electron chi connectivity index (χ4n) is 8.89. The summed E-state index contributed by atoms with van der Waals surface area (Å²) >= 11 is 0. The highest BCUT2D eigenvalue weighted by atomic mass is 16.7. The Morgan fingerprint density at radius 3 is 2.40 bits per heavy atom. The molecule has 2 bridgehead atoms. The van der Waals surface area contributed by atoms with Crippen LogP contribution in [0.25, 0.3) is 11.1 Å². The fourth-order valence-corrected chi connectivity index (χ4v) is 8.89. The minimum atomic E-state index is -0.879. The number of amides is 2. The van der Waals surface area contributed by atoms with E-state index in [0.717, 1.165) is 29.5 Å². The Labute approximate surface area is 296 Å². The van der Waals surface area contributed by atoms with Crippen LogP contribution in [0, 0.1) is 29.1 Å². The van der Waals surface area contributed by atoms with E-state index in [1.165, 1.54) is 12.0 Å². The van der Waals surface area contributed by atoms with Crippen molar-refractivity contribution in [1.29, 1.82) is 0 Å². The van der Waals surface area contributed by atoms with E-state index in [-0.39, 0.29) is 31.0 Å². The van der Waals surface area contributed by atoms with Crippen molar-refractivity contribution in [1.82, 2.24) is 15.3 Å². The quantitative estimate of drug-likeness (QED) is 0.237. The number of ether oxygens (including phenoxy) is 1. The van der Waals surface area contributed by atoms with Gasteiger partial charge in [-0.25, -0.2) is 0 Å². The molecule has 3 aromatic carbocycles. The summed E-state index contributed by atoms with van der Waals surface area (Å²) in [5, 5.41) is 26.1. The van der Waals surface area contributed by atoms with Gasteiger partial charge in [0.2, 0.25) is 5.91 Å². The van der Waals surface area contributed by atoms with E-state index < -0.39 is 24.2 Å². The standard InChI is InChI=1S/C41H53N3O6/c1-25-33-21-31(41(33,3)4)22-34(25)42-39(47)37-36(26(2)46)35(24-45)50-44(37)23-30-13-10-14-32(38(30)49-6)28-15-17-29(18-16-28)40(48)43(5)20-19-27-11-8-7-9-12-27/h7-18,25-26,31,33-37,45-46H,19-24H2,1-6H3,(H,42,47)/t25-,26-,31+,33+,34-,35-,36+,37-/m0/s1. The molecule has 1 saturated heterocycles. The zero-order valence-electron chi connectivity index (χ0n) is 30.2. The summed E-state index contributed by atoms with van der Waals surface area (Å²) in [5.74, 6) is 1.28. The molecule has 0 spiro atoms. The number of fused-ring (bicyclic) bond motifs is 2. The van der Waals surface area contributed by atoms with Crippen LogP contribution in [0.15, 0.2) is 72.8 Å². The Morgan fingerprint density at radius 2 is 1.78 bits per heavy atom. The third-order valence-electron chi connectivity index (χ3n) is 12.1. The molecule has 3 aromatic rings. The second-order valence-electron chi connectivity index (χ2n) is 15.3. The van der Waals surface area contributed by atoms with E-state index in [0.29, 0.717) is 41.0 Å². The Morgan fingerprint density at radius 1 is 1.06 bits per heavy atom. The van der Waals surface area contributed by atoms with Gasteiger partial charge in [-0.1, -0.05) is 81.4 Å². The lowest BCUT2D eigenvalue weighted by atomic mass is 9.45. The highest BCUT2D eigenvalue weighted by molar-refractivity contribution is 5.94. The van der Waals surface area contributed by atoms with E-state index in [1.807, 2.05) is 67.7 Å². The number of likely N-dealkylation sites (N-methyl/N-ethyl adjacent to an activating group) is 1. The zero-order valence-corrected chi connectivity index (χ0v) is 30.2. The first-order chi connectivity index (χ1) is 23.9. The summed E-state index contributed by atoms with van der Waals surface area (Å²) in [5.41, 5.74) is 4.60. The number of benzene rings is 3. The lowest BCUT2D eigenvalue weighted by Crippen LogP contribution is -2.62. The minimum Gasteiger partial charge on any atom is -0.496 e. The first-order valence-corrected chi connectivity index (χ1v) is 18.0. The first-order valence-electron chi connectivity index (χ1n) is 18.0. The van der Waals surface area contributed by atoms with Gasteiger partial charge in [-0.05, 0) is 72.6 Å². The normalized spacial score (nSPS) is 27.6. The third kappa shape index (κ3) is 6.93. The molecule has 0 radical (unpaired) electrons. The number of aliphatic hydroxyl groups is 2. The molecule has 3 aliphatic carbocycles. The molecule has 8 atom stereocenters. The maximum atomic E-state index is 14.1. The van der Waals surface area contributed by atoms with Gasteiger partial charge in [0.1, 0.15) is 17.9 Å². The summed E-state index contributed by atoms with van der Waals surface area (Å²) in [7, 11) is 3.44. The summed E-state index contributed by atoms with van der Waals surface area (Å²) in [4.78, 5) is 35.3. The number of para-hydroxylation sites is 1. The number of methoxy groups -OCH3 is 1. The van der Waals surface area contributed by atoms with Crippen LogP contribution in [0.5, 0.6) is 5.75 Å². The molecule has 268 valence electrons. The van der Waals surface area contributed by atoms with Crippen molar-refractivity contribution in [2.75, 3.05) is 27.3 Å². The minimum absolute atomic E-state index is 0.0434. The molecule has 9 nitrogen and oxygen atoms in total. The van der Waals surface area contributed by atoms with Crippen molar-refractivity contribution in [3.05, 3.63) is 89.5 Å². The predicted octanol–water partition coefficient (Wildman–Crippen LogP) is 5.34. The molecule has 3 saturated carbocycles. The second-order valence-corrected chi connectivity index (χ2v) is 15.3. The van der Waals surface area contributed by atoms with E-state index >= 15 is 0 Å². The molecule has 2 amide bonds. The van der Waals surface area contributed by atoms with Crippen molar-refractivity contribution < 1.29 is 29.4 Å². The van der Waals surface area contributed by atoms with Crippen molar-refractivity contribution in [3.63, 3.8) is 0 Å². The number of carbonyl (C=O) groups is 2. The Kier molecular flexibility index (Phi) is 10.7. The molecular weight excluding hydrogens is 630 g/mol. The molecule has 1 heterocycles. The third-order valence-corrected chi connectivity index (χ3v) is 12.1. The molecule has 1 aliphatic heterocycles. The molecule has 4 aliphatic rings. The van der Waals surface area contributed by atoms with Crippen LogP contribution in [0.3, 0.4) is 0 Å². The fraction of sp³-hybridized carbons (Fsp3) is 0.512. The molecule has 9 heteroatoms. The van der Waals surface area contributed by atoms with Crippen LogP contribution >= 0.6 is 0 Å². The van der Waals surface area contributed by atoms with Gasteiger partial charge in [-0.2, -0.15) is 5.06 Å². The van der Waals surface area contributed by atoms with Crippen molar-refractivity contribution >= 4 is 11.8 Å². The summed E-state index contributed by atoms with van der Waals surface area (Å²) in [6.45, 7) is 9.06. The van der Waals surface area contributed by atoms with Crippen molar-refractivity contribution in [3.8, 4) is 16.9 Å². The van der Waals surface area contributed by atoms with Gasteiger partial charge >= 0.3 is 0 Å². The number of carbonyl (C=O) groups excluding carboxylic acids is 2. The van der Waals surface area contributed by atoms with E-state index in [9.17, 15) is 19.8 Å². The Balaban J connectivity index is 1.19. The number of nitrogens with zero attached hydrogens (tertiary/aromatic N) is 2. The number of aliphatic hydroxyl groups excluding tert-OH is 2. The Hall–Kier alpha value is -3.76. The van der Waals surface area contributed by atoms with Gasteiger partial charge < -0.3 is 25.2 Å². The molecule has 7 rings (SSSR count). The number of hydroxylamine groups is 2. The number of hydrogen-bond acceptors (Lipinski definition) is 7. The van der Waals surface area contributed by atoms with E-state index in [4.69, 9.17) is 9.57 Å². The Bertz CT molecular complexity index is 1640. The number of hydrogen-bond donors (Lipinski definition) is 3. The van der Waals surface area contributed by atoms with E-state index in [2.05, 4.69) is 38.2 Å². The lowest BCUT2D eigenvalue weighted by Gasteiger charge is -2.62. The summed E-state index contributed by atoms with van der Waals surface area (Å²) < 4.78 is 5.97. The SMILES string of the molecule is COc1c(CN2O[C@@H](CO)[C@@H]([C@H](C)O)[C@H]2C(=O)N[C@H]2C[C@H]3C[C@H]([C@@H]2C)C3(C)C)cccc1-c1ccc(C(=O)N(C)CCc2ccccc2)cc1. The monoisotopic (exact) mass is 683 g/mol. The number of rotatable bonds is 12. The maximum Gasteiger partial charge on any atom is 0.253 e. The maximum absolute atomic E-state index is 14.1. The van der Waals surface area contributed by atoms with Gasteiger partial charge in [0.15, 0.2) is 0 Å². The largest absolute Gasteiger partial charge is 0.496 e. The van der Waals surface area contributed by atoms with Gasteiger partial charge in [-0.15, -0.1) is 0 Å². The van der Waals surface area contributed by atoms with Crippen LogP contribution in [-0.2, 0) is 22.6 Å². The highest BCUT2D eigenvalue weighted by Crippen LogP contribution is 2.61. The van der Waals surface area contributed by atoms with Gasteiger partial charge in [-0.3, -0.25) is 14.4 Å². The summed E-state index contributed by atoms with van der Waals surface area (Å²) in [6, 6.07) is 22.7. The molecular formula is C41H53N3O6. The van der Waals surface area contributed by atoms with Crippen molar-refractivity contribution in [2.45, 2.75) is 77.8 Å². The topological polar surface area (TPSA) is 112 Å². The first kappa shape index (κ1) is 36.0. The average molecular weight is 684 g/mol. The average Bonchev–Trinajstić information content (AvgIpc) is 3.50. The van der Waals surface area contributed by atoms with Gasteiger partial charge in [0, 0.05) is 42.2 Å². The van der Waals surface area contributed by atoms with Gasteiger partial charge in [0.05, 0.1) is 26.4 Å².